The van der Waals surface area contributed by atoms with Crippen molar-refractivity contribution >= 4 is 19.8 Å². The fourth-order valence-electron chi connectivity index (χ4n) is 5.07. The molecule has 5 heterocycles. The van der Waals surface area contributed by atoms with Crippen LogP contribution < -0.4 is 16.6 Å². The lowest BCUT2D eigenvalue weighted by molar-refractivity contribution is -0.136. The number of H-pyrrole nitrogens is 1. The molecule has 16 nitrogen and oxygen atoms in total. The van der Waals surface area contributed by atoms with Crippen molar-refractivity contribution in [2.24, 2.45) is 5.41 Å². The van der Waals surface area contributed by atoms with Crippen LogP contribution in [-0.2, 0) is 34.3 Å². The number of phosphoric ester groups is 1. The highest BCUT2D eigenvalue weighted by molar-refractivity contribution is 7.47. The quantitative estimate of drug-likeness (QED) is 0.240. The Balaban J connectivity index is 1.56. The Kier molecular flexibility index (Phi) is 6.65. The maximum atomic E-state index is 12.9. The minimum absolute atomic E-state index is 0.0512. The van der Waals surface area contributed by atoms with E-state index in [1.54, 1.807) is 0 Å². The van der Waals surface area contributed by atoms with Gasteiger partial charge in [-0.25, -0.2) is 14.2 Å². The maximum Gasteiger partial charge on any atom is 0.472 e. The first kappa shape index (κ1) is 26.2. The fourth-order valence-corrected chi connectivity index (χ4v) is 6.03. The molecule has 0 aliphatic carbocycles. The molecule has 5 rings (SSSR count). The zero-order valence-electron chi connectivity index (χ0n) is 19.6. The number of ether oxygens (including phenoxy) is 2. The second kappa shape index (κ2) is 9.39. The topological polar surface area (TPSA) is 219 Å². The zero-order chi connectivity index (χ0) is 26.7. The van der Waals surface area contributed by atoms with Gasteiger partial charge in [0.1, 0.15) is 30.8 Å². The molecule has 4 aliphatic rings. The van der Waals surface area contributed by atoms with Crippen molar-refractivity contribution in [1.82, 2.24) is 19.8 Å². The molecule has 0 saturated carbocycles. The van der Waals surface area contributed by atoms with Crippen LogP contribution in [0, 0.1) is 5.41 Å². The Bertz CT molecular complexity index is 1270. The van der Waals surface area contributed by atoms with E-state index in [0.29, 0.717) is 0 Å². The molecule has 1 aromatic rings. The van der Waals surface area contributed by atoms with Crippen LogP contribution in [0.25, 0.3) is 0 Å². The minimum Gasteiger partial charge on any atom is -0.394 e. The van der Waals surface area contributed by atoms with Crippen molar-refractivity contribution in [3.8, 4) is 0 Å². The predicted molar refractivity (Wildman–Crippen MR) is 119 cm³/mol. The Morgan fingerprint density at radius 3 is 2.65 bits per heavy atom. The van der Waals surface area contributed by atoms with Crippen LogP contribution in [0.5, 0.6) is 0 Å². The summed E-state index contributed by atoms with van der Waals surface area (Å²) in [6, 6.07) is -0.787. The number of aromatic amines is 1. The molecule has 37 heavy (non-hydrogen) atoms. The van der Waals surface area contributed by atoms with Gasteiger partial charge in [-0.15, -0.1) is 0 Å². The molecule has 0 radical (unpaired) electrons. The van der Waals surface area contributed by atoms with Crippen LogP contribution in [0.3, 0.4) is 0 Å². The van der Waals surface area contributed by atoms with Crippen molar-refractivity contribution in [3.63, 3.8) is 0 Å². The average Bonchev–Trinajstić information content (AvgIpc) is 3.39. The van der Waals surface area contributed by atoms with E-state index >= 15 is 0 Å². The molecule has 1 unspecified atom stereocenters. The number of aliphatic hydroxyl groups is 2. The van der Waals surface area contributed by atoms with Crippen molar-refractivity contribution in [1.29, 1.82) is 0 Å². The van der Waals surface area contributed by atoms with Crippen LogP contribution in [0.15, 0.2) is 15.8 Å². The third-order valence-electron chi connectivity index (χ3n) is 7.06. The van der Waals surface area contributed by atoms with E-state index in [1.165, 1.54) is 18.0 Å². The summed E-state index contributed by atoms with van der Waals surface area (Å²) in [6.45, 7) is 0.146. The molecule has 17 heteroatoms. The van der Waals surface area contributed by atoms with Crippen LogP contribution in [0.2, 0.25) is 0 Å². The van der Waals surface area contributed by atoms with Crippen LogP contribution in [-0.4, -0.2) is 91.9 Å². The van der Waals surface area contributed by atoms with E-state index in [1.807, 2.05) is 0 Å². The van der Waals surface area contributed by atoms with Crippen LogP contribution in [0.4, 0.5) is 4.79 Å². The standard InChI is InChI=1S/C20H27N4O12P/c1-20-4-9-5-23(18(29)21-16(9)27)14-2-10(26)13(35-14)7-33-37(31,32)36-11-3-15(34-12(11)6-25)24(8-20)19(30)22-17(20)28/h5,10-15,25-26H,2-4,6-8H2,1H3,(H,31,32)(H,21,27,29)(H,22,28,30)/t10-,11-,12-,13-,14-,15-,20-/m1/s1. The Morgan fingerprint density at radius 1 is 1.16 bits per heavy atom. The molecular formula is C20H27N4O12P. The molecule has 204 valence electrons. The predicted octanol–water partition coefficient (Wildman–Crippen LogP) is -2.09. The van der Waals surface area contributed by atoms with Gasteiger partial charge < -0.3 is 24.6 Å². The van der Waals surface area contributed by atoms with Gasteiger partial charge in [0.15, 0.2) is 0 Å². The SMILES string of the molecule is C[C@@]12Cc3cn(c(=O)[nH]c3=O)[C@H]3C[C@@H](O)[C@@H](COP(=O)(O)O[C@@H]4C[C@@H](O[C@@H]4CO)N(C1)C(=O)NC2=O)O3. The Hall–Kier alpha value is -2.43. The van der Waals surface area contributed by atoms with Gasteiger partial charge in [0, 0.05) is 31.1 Å². The lowest BCUT2D eigenvalue weighted by Crippen LogP contribution is -2.62. The van der Waals surface area contributed by atoms with Gasteiger partial charge in [0.05, 0.1) is 24.7 Å². The highest BCUT2D eigenvalue weighted by Crippen LogP contribution is 2.48. The average molecular weight is 546 g/mol. The number of fused-ring (bicyclic) bond motifs is 10. The largest absolute Gasteiger partial charge is 0.472 e. The number of amides is 3. The first-order valence-electron chi connectivity index (χ1n) is 11.6. The molecule has 1 aromatic heterocycles. The fraction of sp³-hybridized carbons (Fsp3) is 0.700. The van der Waals surface area contributed by atoms with Crippen molar-refractivity contribution < 1.29 is 47.8 Å². The smallest absolute Gasteiger partial charge is 0.394 e. The number of rotatable bonds is 1. The van der Waals surface area contributed by atoms with E-state index in [-0.39, 0.29) is 31.4 Å². The van der Waals surface area contributed by atoms with Gasteiger partial charge in [0.2, 0.25) is 5.91 Å². The number of phosphoric acid groups is 1. The first-order valence-corrected chi connectivity index (χ1v) is 13.1. The lowest BCUT2D eigenvalue weighted by atomic mass is 9.81. The monoisotopic (exact) mass is 546 g/mol. The second-order valence-electron chi connectivity index (χ2n) is 9.83. The summed E-state index contributed by atoms with van der Waals surface area (Å²) in [5.41, 5.74) is -2.85. The highest BCUT2D eigenvalue weighted by Gasteiger charge is 2.50. The lowest BCUT2D eigenvalue weighted by Gasteiger charge is -2.41. The molecular weight excluding hydrogens is 519 g/mol. The summed E-state index contributed by atoms with van der Waals surface area (Å²) >= 11 is 0. The van der Waals surface area contributed by atoms with Gasteiger partial charge in [-0.1, -0.05) is 0 Å². The van der Waals surface area contributed by atoms with E-state index < -0.39 is 86.5 Å². The molecule has 3 fully saturated rings. The van der Waals surface area contributed by atoms with Crippen molar-refractivity contribution in [2.45, 2.75) is 63.1 Å². The molecule has 0 spiro atoms. The number of carbonyl (C=O) groups excluding carboxylic acids is 2. The van der Waals surface area contributed by atoms with E-state index in [2.05, 4.69) is 10.3 Å². The summed E-state index contributed by atoms with van der Waals surface area (Å²) < 4.78 is 35.3. The maximum absolute atomic E-state index is 12.9. The van der Waals surface area contributed by atoms with E-state index in [4.69, 9.17) is 18.5 Å². The molecule has 8 atom stereocenters. The number of nitrogens with zero attached hydrogens (tertiary/aromatic N) is 2. The van der Waals surface area contributed by atoms with Crippen molar-refractivity contribution in [3.05, 3.63) is 32.6 Å². The summed E-state index contributed by atoms with van der Waals surface area (Å²) in [7, 11) is -4.76. The van der Waals surface area contributed by atoms with Crippen LogP contribution >= 0.6 is 7.82 Å². The summed E-state index contributed by atoms with van der Waals surface area (Å²) in [5.74, 6) is -0.658. The summed E-state index contributed by atoms with van der Waals surface area (Å²) in [6.07, 6.45) is -5.81. The number of aliphatic hydroxyl groups excluding tert-OH is 2. The summed E-state index contributed by atoms with van der Waals surface area (Å²) in [4.78, 5) is 64.4. The molecule has 3 saturated heterocycles. The highest BCUT2D eigenvalue weighted by atomic mass is 31.2. The Labute approximate surface area is 208 Å². The van der Waals surface area contributed by atoms with Crippen molar-refractivity contribution in [2.75, 3.05) is 19.8 Å². The van der Waals surface area contributed by atoms with Gasteiger partial charge in [-0.2, -0.15) is 0 Å². The van der Waals surface area contributed by atoms with E-state index in [0.717, 1.165) is 4.57 Å². The molecule has 4 aliphatic heterocycles. The van der Waals surface area contributed by atoms with Crippen LogP contribution in [0.1, 0.15) is 31.6 Å². The first-order chi connectivity index (χ1) is 17.4. The molecule has 3 amide bonds. The normalized spacial score (nSPS) is 40.4. The number of aromatic nitrogens is 2. The second-order valence-corrected chi connectivity index (χ2v) is 11.2. The van der Waals surface area contributed by atoms with Gasteiger partial charge in [0.25, 0.3) is 5.56 Å². The third-order valence-corrected chi connectivity index (χ3v) is 8.08. The number of imide groups is 1. The van der Waals surface area contributed by atoms with Gasteiger partial charge in [-0.3, -0.25) is 38.4 Å². The number of nitrogens with one attached hydrogen (secondary N) is 2. The third kappa shape index (κ3) is 4.91. The van der Waals surface area contributed by atoms with Gasteiger partial charge >= 0.3 is 19.5 Å². The number of carbonyl (C=O) groups is 2. The number of urea groups is 1. The zero-order valence-corrected chi connectivity index (χ0v) is 20.5. The Morgan fingerprint density at radius 2 is 1.92 bits per heavy atom. The number of hydrogen-bond donors (Lipinski definition) is 5. The molecule has 0 aromatic carbocycles. The minimum atomic E-state index is -4.76. The summed E-state index contributed by atoms with van der Waals surface area (Å²) in [5, 5.41) is 22.4. The van der Waals surface area contributed by atoms with Gasteiger partial charge in [-0.05, 0) is 13.3 Å². The molecule has 5 N–H and O–H groups in total. The van der Waals surface area contributed by atoms with E-state index in [9.17, 15) is 38.8 Å². The molecule has 8 bridgehead atoms. The number of hydrogen-bond acceptors (Lipinski definition) is 11.